The van der Waals surface area contributed by atoms with Crippen LogP contribution in [-0.2, 0) is 6.61 Å². The maximum Gasteiger partial charge on any atom is 0.180 e. The molecule has 0 fully saturated rings. The van der Waals surface area contributed by atoms with Gasteiger partial charge in [0.1, 0.15) is 24.0 Å². The van der Waals surface area contributed by atoms with E-state index in [0.717, 1.165) is 18.2 Å². The molecular weight excluding hydrogens is 234 g/mol. The molecule has 6 heteroatoms. The van der Waals surface area contributed by atoms with Gasteiger partial charge in [0.15, 0.2) is 5.13 Å². The lowest BCUT2D eigenvalue weighted by Gasteiger charge is -2.04. The second-order valence-corrected chi connectivity index (χ2v) is 3.96. The van der Waals surface area contributed by atoms with Crippen molar-refractivity contribution in [1.82, 2.24) is 4.98 Å². The fraction of sp³-hybridized carbons (Fsp3) is 0.100. The number of hydrogen-bond donors (Lipinski definition) is 1. The van der Waals surface area contributed by atoms with Crippen LogP contribution < -0.4 is 10.5 Å². The minimum atomic E-state index is -0.673. The normalized spacial score (nSPS) is 10.4. The third kappa shape index (κ3) is 2.66. The molecule has 0 spiro atoms. The highest BCUT2D eigenvalue weighted by molar-refractivity contribution is 7.13. The molecule has 1 heterocycles. The van der Waals surface area contributed by atoms with Gasteiger partial charge in [-0.05, 0) is 0 Å². The van der Waals surface area contributed by atoms with Crippen LogP contribution in [0.1, 0.15) is 5.69 Å². The average molecular weight is 242 g/mol. The zero-order chi connectivity index (χ0) is 11.5. The number of nitrogens with two attached hydrogens (primary N) is 1. The van der Waals surface area contributed by atoms with Gasteiger partial charge in [-0.2, -0.15) is 0 Å². The SMILES string of the molecule is Nc1nc(COc2cc(F)cc(F)c2)cs1. The Balaban J connectivity index is 2.04. The molecule has 0 aliphatic rings. The van der Waals surface area contributed by atoms with Crippen LogP contribution >= 0.6 is 11.3 Å². The van der Waals surface area contributed by atoms with Gasteiger partial charge >= 0.3 is 0 Å². The van der Waals surface area contributed by atoms with Crippen molar-refractivity contribution in [2.24, 2.45) is 0 Å². The first-order chi connectivity index (χ1) is 7.63. The number of halogens is 2. The molecule has 0 bridgehead atoms. The van der Waals surface area contributed by atoms with Crippen molar-refractivity contribution >= 4 is 16.5 Å². The quantitative estimate of drug-likeness (QED) is 0.899. The van der Waals surface area contributed by atoms with Crippen LogP contribution in [0.3, 0.4) is 0 Å². The molecule has 0 radical (unpaired) electrons. The molecule has 0 amide bonds. The Morgan fingerprint density at radius 3 is 2.50 bits per heavy atom. The van der Waals surface area contributed by atoms with E-state index in [1.165, 1.54) is 11.3 Å². The predicted octanol–water partition coefficient (Wildman–Crippen LogP) is 2.58. The van der Waals surface area contributed by atoms with Gasteiger partial charge in [0.05, 0.1) is 5.69 Å². The number of benzene rings is 1. The molecule has 3 nitrogen and oxygen atoms in total. The summed E-state index contributed by atoms with van der Waals surface area (Å²) >= 11 is 1.28. The Labute approximate surface area is 94.5 Å². The zero-order valence-corrected chi connectivity index (χ0v) is 8.93. The van der Waals surface area contributed by atoms with Crippen LogP contribution in [-0.4, -0.2) is 4.98 Å². The van der Waals surface area contributed by atoms with E-state index in [9.17, 15) is 8.78 Å². The van der Waals surface area contributed by atoms with Crippen molar-refractivity contribution in [3.05, 3.63) is 40.9 Å². The number of ether oxygens (including phenoxy) is 1. The minimum Gasteiger partial charge on any atom is -0.487 e. The molecule has 84 valence electrons. The highest BCUT2D eigenvalue weighted by atomic mass is 32.1. The summed E-state index contributed by atoms with van der Waals surface area (Å²) < 4.78 is 30.8. The summed E-state index contributed by atoms with van der Waals surface area (Å²) in [6.07, 6.45) is 0. The Morgan fingerprint density at radius 1 is 1.25 bits per heavy atom. The topological polar surface area (TPSA) is 48.1 Å². The maximum atomic E-state index is 12.8. The van der Waals surface area contributed by atoms with Crippen molar-refractivity contribution in [3.8, 4) is 5.75 Å². The lowest BCUT2D eigenvalue weighted by Crippen LogP contribution is -1.97. The van der Waals surface area contributed by atoms with Crippen LogP contribution in [0, 0.1) is 11.6 Å². The largest absolute Gasteiger partial charge is 0.487 e. The summed E-state index contributed by atoms with van der Waals surface area (Å²) in [4.78, 5) is 3.95. The van der Waals surface area contributed by atoms with Crippen LogP contribution in [0.15, 0.2) is 23.6 Å². The Hall–Kier alpha value is -1.69. The molecule has 1 aromatic carbocycles. The Morgan fingerprint density at radius 2 is 1.94 bits per heavy atom. The van der Waals surface area contributed by atoms with Crippen molar-refractivity contribution < 1.29 is 13.5 Å². The van der Waals surface area contributed by atoms with E-state index in [4.69, 9.17) is 10.5 Å². The van der Waals surface area contributed by atoms with Gasteiger partial charge in [-0.1, -0.05) is 0 Å². The second kappa shape index (κ2) is 4.44. The second-order valence-electron chi connectivity index (χ2n) is 3.07. The van der Waals surface area contributed by atoms with Crippen LogP contribution in [0.4, 0.5) is 13.9 Å². The summed E-state index contributed by atoms with van der Waals surface area (Å²) in [5.74, 6) is -1.22. The summed E-state index contributed by atoms with van der Waals surface area (Å²) in [5.41, 5.74) is 6.06. The summed E-state index contributed by atoms with van der Waals surface area (Å²) in [6.45, 7) is 0.136. The minimum absolute atomic E-state index is 0.129. The third-order valence-electron chi connectivity index (χ3n) is 1.79. The first-order valence-corrected chi connectivity index (χ1v) is 5.30. The standard InChI is InChI=1S/C10H8F2N2OS/c11-6-1-7(12)3-9(2-6)15-4-8-5-16-10(13)14-8/h1-3,5H,4H2,(H2,13,14). The molecule has 0 aliphatic heterocycles. The number of thiazole rings is 1. The molecule has 2 aromatic rings. The molecule has 2 rings (SSSR count). The van der Waals surface area contributed by atoms with E-state index < -0.39 is 11.6 Å². The third-order valence-corrected chi connectivity index (χ3v) is 2.52. The molecule has 0 atom stereocenters. The number of nitrogens with zero attached hydrogens (tertiary/aromatic N) is 1. The molecule has 0 saturated carbocycles. The zero-order valence-electron chi connectivity index (χ0n) is 8.11. The van der Waals surface area contributed by atoms with E-state index in [2.05, 4.69) is 4.98 Å². The van der Waals surface area contributed by atoms with Crippen LogP contribution in [0.25, 0.3) is 0 Å². The summed E-state index contributed by atoms with van der Waals surface area (Å²) in [7, 11) is 0. The van der Waals surface area contributed by atoms with Crippen LogP contribution in [0.5, 0.6) is 5.75 Å². The fourth-order valence-corrected chi connectivity index (χ4v) is 1.71. The highest BCUT2D eigenvalue weighted by Crippen LogP contribution is 2.18. The molecule has 1 aromatic heterocycles. The molecule has 0 unspecified atom stereocenters. The Bertz CT molecular complexity index is 481. The smallest absolute Gasteiger partial charge is 0.180 e. The van der Waals surface area contributed by atoms with E-state index in [1.807, 2.05) is 0 Å². The monoisotopic (exact) mass is 242 g/mol. The first kappa shape index (κ1) is 10.8. The summed E-state index contributed by atoms with van der Waals surface area (Å²) in [6, 6.07) is 3.01. The molecule has 0 aliphatic carbocycles. The van der Waals surface area contributed by atoms with Crippen LogP contribution in [0.2, 0.25) is 0 Å². The van der Waals surface area contributed by atoms with Crippen molar-refractivity contribution in [1.29, 1.82) is 0 Å². The number of aromatic nitrogens is 1. The fourth-order valence-electron chi connectivity index (χ4n) is 1.16. The average Bonchev–Trinajstić information content (AvgIpc) is 2.60. The molecule has 16 heavy (non-hydrogen) atoms. The maximum absolute atomic E-state index is 12.8. The number of anilines is 1. The van der Waals surface area contributed by atoms with Gasteiger partial charge in [-0.25, -0.2) is 13.8 Å². The first-order valence-electron chi connectivity index (χ1n) is 4.42. The molecule has 2 N–H and O–H groups in total. The van der Waals surface area contributed by atoms with Crippen molar-refractivity contribution in [2.45, 2.75) is 6.61 Å². The molecular formula is C10H8F2N2OS. The molecule has 0 saturated heterocycles. The van der Waals surface area contributed by atoms with E-state index in [1.54, 1.807) is 5.38 Å². The van der Waals surface area contributed by atoms with Gasteiger partial charge in [-0.15, -0.1) is 11.3 Å². The van der Waals surface area contributed by atoms with Gasteiger partial charge in [0.2, 0.25) is 0 Å². The van der Waals surface area contributed by atoms with Gasteiger partial charge in [-0.3, -0.25) is 0 Å². The Kier molecular flexibility index (Phi) is 3.00. The highest BCUT2D eigenvalue weighted by Gasteiger charge is 2.03. The lowest BCUT2D eigenvalue weighted by atomic mass is 10.3. The van der Waals surface area contributed by atoms with Gasteiger partial charge < -0.3 is 10.5 Å². The van der Waals surface area contributed by atoms with Crippen molar-refractivity contribution in [3.63, 3.8) is 0 Å². The van der Waals surface area contributed by atoms with E-state index in [0.29, 0.717) is 10.8 Å². The number of rotatable bonds is 3. The summed E-state index contributed by atoms with van der Waals surface area (Å²) in [5, 5.41) is 2.16. The van der Waals surface area contributed by atoms with Crippen molar-refractivity contribution in [2.75, 3.05) is 5.73 Å². The van der Waals surface area contributed by atoms with Gasteiger partial charge in [0.25, 0.3) is 0 Å². The number of hydrogen-bond acceptors (Lipinski definition) is 4. The van der Waals surface area contributed by atoms with E-state index in [-0.39, 0.29) is 12.4 Å². The van der Waals surface area contributed by atoms with E-state index >= 15 is 0 Å². The van der Waals surface area contributed by atoms with Gasteiger partial charge in [0, 0.05) is 23.6 Å². The lowest BCUT2D eigenvalue weighted by molar-refractivity contribution is 0.299. The predicted molar refractivity (Wildman–Crippen MR) is 57.2 cm³/mol. The number of nitrogen functional groups attached to an aromatic ring is 1.